The maximum atomic E-state index is 13.6. The highest BCUT2D eigenvalue weighted by Crippen LogP contribution is 2.29. The van der Waals surface area contributed by atoms with Gasteiger partial charge in [-0.2, -0.15) is 0 Å². The molecule has 2 aromatic rings. The predicted molar refractivity (Wildman–Crippen MR) is 92.3 cm³/mol. The second-order valence-corrected chi connectivity index (χ2v) is 9.22. The normalized spacial score (nSPS) is 21.4. The lowest BCUT2D eigenvalue weighted by molar-refractivity contribution is 0.376. The Hall–Kier alpha value is -1.42. The molecule has 0 bridgehead atoms. The molecule has 0 saturated carbocycles. The van der Waals surface area contributed by atoms with Crippen LogP contribution < -0.4 is 10.0 Å². The van der Waals surface area contributed by atoms with Crippen LogP contribution in [0.1, 0.15) is 28.6 Å². The second kappa shape index (κ2) is 7.06. The Balaban J connectivity index is 1.88. The number of nitrogens with one attached hydrogen (secondary N) is 2. The second-order valence-electron chi connectivity index (χ2n) is 6.11. The van der Waals surface area contributed by atoms with Gasteiger partial charge in [-0.05, 0) is 44.5 Å². The fraction of sp³-hybridized carbons (Fsp3) is 0.438. The molecule has 25 heavy (non-hydrogen) atoms. The Morgan fingerprint density at radius 2 is 2.04 bits per heavy atom. The third-order valence-electron chi connectivity index (χ3n) is 4.27. The number of hydrogen-bond donors (Lipinski definition) is 2. The summed E-state index contributed by atoms with van der Waals surface area (Å²) in [5, 5.41) is 3.83. The van der Waals surface area contributed by atoms with Crippen LogP contribution in [-0.2, 0) is 10.0 Å². The molecule has 1 aromatic carbocycles. The zero-order valence-corrected chi connectivity index (χ0v) is 15.5. The molecule has 0 amide bonds. The van der Waals surface area contributed by atoms with Crippen LogP contribution in [0.15, 0.2) is 22.4 Å². The summed E-state index contributed by atoms with van der Waals surface area (Å²) in [6.07, 6.45) is 0.624. The average molecular weight is 387 g/mol. The molecule has 0 spiro atoms. The SMILES string of the molecule is Cc1nc(C)c(S(=O)(=O)NC2CNCCC2c2ccc(F)c(F)c2)s1. The van der Waals surface area contributed by atoms with Crippen molar-refractivity contribution in [3.63, 3.8) is 0 Å². The van der Waals surface area contributed by atoms with Crippen molar-refractivity contribution < 1.29 is 17.2 Å². The van der Waals surface area contributed by atoms with E-state index in [-0.39, 0.29) is 10.1 Å². The van der Waals surface area contributed by atoms with Crippen molar-refractivity contribution in [3.8, 4) is 0 Å². The summed E-state index contributed by atoms with van der Waals surface area (Å²) in [5.74, 6) is -2.07. The van der Waals surface area contributed by atoms with Gasteiger partial charge >= 0.3 is 0 Å². The van der Waals surface area contributed by atoms with E-state index in [9.17, 15) is 17.2 Å². The van der Waals surface area contributed by atoms with Crippen LogP contribution in [0.3, 0.4) is 0 Å². The molecule has 1 aliphatic heterocycles. The molecule has 2 heterocycles. The summed E-state index contributed by atoms with van der Waals surface area (Å²) in [6, 6.07) is 3.28. The van der Waals surface area contributed by atoms with Gasteiger partial charge in [0.05, 0.1) is 10.7 Å². The molecule has 0 aliphatic carbocycles. The van der Waals surface area contributed by atoms with Gasteiger partial charge in [-0.3, -0.25) is 0 Å². The lowest BCUT2D eigenvalue weighted by atomic mass is 9.86. The lowest BCUT2D eigenvalue weighted by Crippen LogP contribution is -2.49. The molecule has 9 heteroatoms. The van der Waals surface area contributed by atoms with E-state index in [2.05, 4.69) is 15.0 Å². The first kappa shape index (κ1) is 18.4. The molecule has 5 nitrogen and oxygen atoms in total. The van der Waals surface area contributed by atoms with Gasteiger partial charge in [-0.1, -0.05) is 6.07 Å². The molecule has 1 saturated heterocycles. The average Bonchev–Trinajstić information content (AvgIpc) is 2.90. The first-order valence-corrected chi connectivity index (χ1v) is 10.2. The smallest absolute Gasteiger partial charge is 0.252 e. The largest absolute Gasteiger partial charge is 0.315 e. The maximum absolute atomic E-state index is 13.6. The Kier molecular flexibility index (Phi) is 5.19. The van der Waals surface area contributed by atoms with Crippen LogP contribution in [0.2, 0.25) is 0 Å². The minimum atomic E-state index is -3.73. The van der Waals surface area contributed by atoms with Crippen molar-refractivity contribution in [2.24, 2.45) is 0 Å². The highest BCUT2D eigenvalue weighted by atomic mass is 32.2. The van der Waals surface area contributed by atoms with Gasteiger partial charge in [0.1, 0.15) is 0 Å². The van der Waals surface area contributed by atoms with E-state index in [0.29, 0.717) is 35.8 Å². The highest BCUT2D eigenvalue weighted by Gasteiger charge is 2.32. The monoisotopic (exact) mass is 387 g/mol. The summed E-state index contributed by atoms with van der Waals surface area (Å²) >= 11 is 1.12. The summed E-state index contributed by atoms with van der Waals surface area (Å²) in [5.41, 5.74) is 1.05. The number of rotatable bonds is 4. The Morgan fingerprint density at radius 1 is 1.28 bits per heavy atom. The van der Waals surface area contributed by atoms with Crippen LogP contribution in [0, 0.1) is 25.5 Å². The molecule has 0 radical (unpaired) electrons. The van der Waals surface area contributed by atoms with Crippen molar-refractivity contribution in [1.82, 2.24) is 15.0 Å². The number of piperidine rings is 1. The first-order valence-electron chi connectivity index (χ1n) is 7.90. The standard InChI is InChI=1S/C16H19F2N3O2S2/c1-9-16(24-10(2)20-9)25(22,23)21-15-8-19-6-5-12(15)11-3-4-13(17)14(18)7-11/h3-4,7,12,15,19,21H,5-6,8H2,1-2H3. The van der Waals surface area contributed by atoms with Gasteiger partial charge in [0.25, 0.3) is 10.0 Å². The Bertz CT molecular complexity index is 884. The number of hydrogen-bond acceptors (Lipinski definition) is 5. The van der Waals surface area contributed by atoms with Gasteiger partial charge in [0, 0.05) is 18.5 Å². The topological polar surface area (TPSA) is 71.1 Å². The molecule has 1 aliphatic rings. The van der Waals surface area contributed by atoms with Crippen molar-refractivity contribution in [3.05, 3.63) is 46.1 Å². The summed E-state index contributed by atoms with van der Waals surface area (Å²) < 4.78 is 55.1. The fourth-order valence-electron chi connectivity index (χ4n) is 3.14. The number of aromatic nitrogens is 1. The Morgan fingerprint density at radius 3 is 2.68 bits per heavy atom. The van der Waals surface area contributed by atoms with Gasteiger partial charge in [-0.15, -0.1) is 11.3 Å². The molecule has 1 fully saturated rings. The van der Waals surface area contributed by atoms with E-state index in [1.54, 1.807) is 13.8 Å². The van der Waals surface area contributed by atoms with E-state index in [1.165, 1.54) is 6.07 Å². The maximum Gasteiger partial charge on any atom is 0.252 e. The van der Waals surface area contributed by atoms with Crippen molar-refractivity contribution in [1.29, 1.82) is 0 Å². The summed E-state index contributed by atoms with van der Waals surface area (Å²) in [7, 11) is -3.73. The third kappa shape index (κ3) is 3.89. The molecular weight excluding hydrogens is 368 g/mol. The number of thiazole rings is 1. The number of sulfonamides is 1. The minimum Gasteiger partial charge on any atom is -0.315 e. The van der Waals surface area contributed by atoms with E-state index in [0.717, 1.165) is 23.5 Å². The predicted octanol–water partition coefficient (Wildman–Crippen LogP) is 2.46. The molecule has 1 aromatic heterocycles. The molecule has 2 atom stereocenters. The van der Waals surface area contributed by atoms with Crippen LogP contribution >= 0.6 is 11.3 Å². The zero-order chi connectivity index (χ0) is 18.2. The van der Waals surface area contributed by atoms with Crippen LogP contribution in [0.25, 0.3) is 0 Å². The van der Waals surface area contributed by atoms with Gasteiger partial charge in [-0.25, -0.2) is 26.9 Å². The molecule has 136 valence electrons. The highest BCUT2D eigenvalue weighted by molar-refractivity contribution is 7.91. The van der Waals surface area contributed by atoms with Crippen LogP contribution in [0.5, 0.6) is 0 Å². The molecule has 3 rings (SSSR count). The Labute approximate surface area is 149 Å². The van der Waals surface area contributed by atoms with Gasteiger partial charge in [0.15, 0.2) is 15.8 Å². The molecule has 2 unspecified atom stereocenters. The van der Waals surface area contributed by atoms with E-state index in [4.69, 9.17) is 0 Å². The molecule has 2 N–H and O–H groups in total. The van der Waals surface area contributed by atoms with E-state index in [1.807, 2.05) is 0 Å². The quantitative estimate of drug-likeness (QED) is 0.846. The van der Waals surface area contributed by atoms with Crippen molar-refractivity contribution >= 4 is 21.4 Å². The van der Waals surface area contributed by atoms with E-state index < -0.39 is 27.7 Å². The lowest BCUT2D eigenvalue weighted by Gasteiger charge is -2.32. The number of aryl methyl sites for hydroxylation is 2. The number of benzene rings is 1. The summed E-state index contributed by atoms with van der Waals surface area (Å²) in [4.78, 5) is 4.16. The van der Waals surface area contributed by atoms with Crippen LogP contribution in [0.4, 0.5) is 8.78 Å². The van der Waals surface area contributed by atoms with Gasteiger partial charge < -0.3 is 5.32 Å². The zero-order valence-electron chi connectivity index (χ0n) is 13.8. The van der Waals surface area contributed by atoms with Crippen molar-refractivity contribution in [2.75, 3.05) is 13.1 Å². The van der Waals surface area contributed by atoms with Gasteiger partial charge in [0.2, 0.25) is 0 Å². The minimum absolute atomic E-state index is 0.194. The van der Waals surface area contributed by atoms with Crippen LogP contribution in [-0.4, -0.2) is 32.5 Å². The van der Waals surface area contributed by atoms with E-state index >= 15 is 0 Å². The number of nitrogens with zero attached hydrogens (tertiary/aromatic N) is 1. The third-order valence-corrected chi connectivity index (χ3v) is 7.44. The van der Waals surface area contributed by atoms with Crippen molar-refractivity contribution in [2.45, 2.75) is 36.4 Å². The fourth-order valence-corrected chi connectivity index (χ4v) is 5.92. The first-order chi connectivity index (χ1) is 11.8. The molecular formula is C16H19F2N3O2S2. The summed E-state index contributed by atoms with van der Waals surface area (Å²) in [6.45, 7) is 4.51. The number of halogens is 2.